The second-order valence-electron chi connectivity index (χ2n) is 7.43. The Balaban J connectivity index is 4.27. The highest BCUT2D eigenvalue weighted by atomic mass is 16.2. The molecule has 4 nitrogen and oxygen atoms in total. The Morgan fingerprint density at radius 2 is 1.75 bits per heavy atom. The zero-order chi connectivity index (χ0) is 16.0. The molecule has 1 N–H and O–H groups in total. The van der Waals surface area contributed by atoms with Crippen molar-refractivity contribution < 1.29 is 14.1 Å². The molecule has 1 amide bonds. The minimum Gasteiger partial charge on any atom is -0.355 e. The van der Waals surface area contributed by atoms with Crippen molar-refractivity contribution in [1.82, 2.24) is 5.32 Å². The first-order chi connectivity index (χ1) is 8.99. The quantitative estimate of drug-likeness (QED) is 0.521. The van der Waals surface area contributed by atoms with E-state index in [0.717, 1.165) is 23.9 Å². The molecule has 0 radical (unpaired) electrons. The summed E-state index contributed by atoms with van der Waals surface area (Å²) in [4.78, 5) is 23.7. The van der Waals surface area contributed by atoms with Gasteiger partial charge in [0.25, 0.3) is 0 Å². The number of hydrogen-bond acceptors (Lipinski definition) is 2. The summed E-state index contributed by atoms with van der Waals surface area (Å²) in [5.41, 5.74) is -0.483. The highest BCUT2D eigenvalue weighted by Crippen LogP contribution is 2.28. The van der Waals surface area contributed by atoms with Crippen molar-refractivity contribution in [1.29, 1.82) is 0 Å². The van der Waals surface area contributed by atoms with E-state index >= 15 is 0 Å². The van der Waals surface area contributed by atoms with Crippen LogP contribution >= 0.6 is 0 Å². The van der Waals surface area contributed by atoms with Gasteiger partial charge in [-0.15, -0.1) is 0 Å². The number of carbonyl (C=O) groups is 2. The lowest BCUT2D eigenvalue weighted by atomic mass is 9.79. The van der Waals surface area contributed by atoms with Crippen LogP contribution in [0.25, 0.3) is 0 Å². The molecule has 0 aromatic heterocycles. The molecule has 20 heavy (non-hydrogen) atoms. The minimum atomic E-state index is -0.483. The number of Topliss-reactive ketones (excluding diaryl/α,β-unsaturated/α-hetero) is 1. The maximum atomic E-state index is 12.2. The maximum absolute atomic E-state index is 12.2. The lowest BCUT2D eigenvalue weighted by molar-refractivity contribution is -0.870. The van der Waals surface area contributed by atoms with Gasteiger partial charge in [0.2, 0.25) is 5.91 Å². The van der Waals surface area contributed by atoms with Crippen molar-refractivity contribution >= 4 is 11.7 Å². The Labute approximate surface area is 124 Å². The van der Waals surface area contributed by atoms with E-state index < -0.39 is 5.41 Å². The fraction of sp³-hybridized carbons (Fsp3) is 0.875. The number of carbonyl (C=O) groups excluding carboxylic acids is 2. The fourth-order valence-electron chi connectivity index (χ4n) is 2.28. The second-order valence-corrected chi connectivity index (χ2v) is 7.43. The monoisotopic (exact) mass is 285 g/mol. The third-order valence-electron chi connectivity index (χ3n) is 3.73. The van der Waals surface area contributed by atoms with Gasteiger partial charge in [0, 0.05) is 24.3 Å². The molecular formula is C16H33N2O2+. The summed E-state index contributed by atoms with van der Waals surface area (Å²) in [5, 5.41) is 3.00. The van der Waals surface area contributed by atoms with Crippen LogP contribution in [-0.2, 0) is 9.59 Å². The second kappa shape index (κ2) is 7.77. The molecule has 118 valence electrons. The molecule has 0 aromatic carbocycles. The average Bonchev–Trinajstić information content (AvgIpc) is 2.29. The standard InChI is InChI=1S/C16H32N2O2/c1-8-14(13(2)19)12-16(3,4)15(20)17-10-9-11-18(5,6)7/h14H,8-12H2,1-7H3/p+1. The van der Waals surface area contributed by atoms with E-state index in [1.165, 1.54) is 0 Å². The van der Waals surface area contributed by atoms with Crippen LogP contribution in [0.1, 0.15) is 47.0 Å². The number of nitrogens with one attached hydrogen (secondary N) is 1. The molecule has 0 heterocycles. The van der Waals surface area contributed by atoms with Crippen LogP contribution < -0.4 is 5.32 Å². The van der Waals surface area contributed by atoms with Crippen LogP contribution in [-0.4, -0.2) is 50.4 Å². The highest BCUT2D eigenvalue weighted by Gasteiger charge is 2.31. The molecule has 0 bridgehead atoms. The molecule has 0 rings (SSSR count). The normalized spacial score (nSPS) is 13.9. The summed E-state index contributed by atoms with van der Waals surface area (Å²) >= 11 is 0. The van der Waals surface area contributed by atoms with Crippen molar-refractivity contribution in [3.63, 3.8) is 0 Å². The van der Waals surface area contributed by atoms with E-state index in [4.69, 9.17) is 0 Å². The zero-order valence-electron chi connectivity index (χ0n) is 14.4. The molecule has 1 atom stereocenters. The van der Waals surface area contributed by atoms with E-state index in [2.05, 4.69) is 26.5 Å². The van der Waals surface area contributed by atoms with Gasteiger partial charge < -0.3 is 9.80 Å². The molecule has 0 fully saturated rings. The Hall–Kier alpha value is -0.900. The molecular weight excluding hydrogens is 252 g/mol. The Bertz CT molecular complexity index is 330. The molecule has 0 aliphatic rings. The topological polar surface area (TPSA) is 46.2 Å². The molecule has 1 unspecified atom stereocenters. The number of nitrogens with zero attached hydrogens (tertiary/aromatic N) is 1. The van der Waals surface area contributed by atoms with Crippen molar-refractivity contribution in [2.45, 2.75) is 47.0 Å². The van der Waals surface area contributed by atoms with Gasteiger partial charge >= 0.3 is 0 Å². The van der Waals surface area contributed by atoms with E-state index in [1.54, 1.807) is 6.92 Å². The maximum Gasteiger partial charge on any atom is 0.225 e. The molecule has 4 heteroatoms. The van der Waals surface area contributed by atoms with Gasteiger partial charge in [0.1, 0.15) is 5.78 Å². The first-order valence-electron chi connectivity index (χ1n) is 7.59. The predicted molar refractivity (Wildman–Crippen MR) is 83.4 cm³/mol. The first kappa shape index (κ1) is 19.1. The van der Waals surface area contributed by atoms with Crippen molar-refractivity contribution in [3.8, 4) is 0 Å². The first-order valence-corrected chi connectivity index (χ1v) is 7.59. The number of amides is 1. The van der Waals surface area contributed by atoms with Gasteiger partial charge in [0.05, 0.1) is 27.7 Å². The van der Waals surface area contributed by atoms with Crippen LogP contribution in [0, 0.1) is 11.3 Å². The van der Waals surface area contributed by atoms with Gasteiger partial charge in [-0.2, -0.15) is 0 Å². The summed E-state index contributed by atoms with van der Waals surface area (Å²) in [7, 11) is 6.43. The van der Waals surface area contributed by atoms with Gasteiger partial charge in [-0.3, -0.25) is 9.59 Å². The van der Waals surface area contributed by atoms with Gasteiger partial charge in [0.15, 0.2) is 0 Å². The van der Waals surface area contributed by atoms with E-state index in [9.17, 15) is 9.59 Å². The Morgan fingerprint density at radius 1 is 1.20 bits per heavy atom. The van der Waals surface area contributed by atoms with Crippen LogP contribution in [0.3, 0.4) is 0 Å². The smallest absolute Gasteiger partial charge is 0.225 e. The van der Waals surface area contributed by atoms with Gasteiger partial charge in [-0.1, -0.05) is 20.8 Å². The molecule has 0 aliphatic carbocycles. The average molecular weight is 285 g/mol. The van der Waals surface area contributed by atoms with Crippen LogP contribution in [0.15, 0.2) is 0 Å². The third-order valence-corrected chi connectivity index (χ3v) is 3.73. The van der Waals surface area contributed by atoms with Gasteiger partial charge in [-0.05, 0) is 19.8 Å². The Morgan fingerprint density at radius 3 is 2.15 bits per heavy atom. The van der Waals surface area contributed by atoms with Crippen LogP contribution in [0.4, 0.5) is 0 Å². The van der Waals surface area contributed by atoms with Crippen molar-refractivity contribution in [3.05, 3.63) is 0 Å². The summed E-state index contributed by atoms with van der Waals surface area (Å²) in [6.45, 7) is 9.20. The highest BCUT2D eigenvalue weighted by molar-refractivity contribution is 5.84. The van der Waals surface area contributed by atoms with E-state index in [1.807, 2.05) is 20.8 Å². The molecule has 0 aromatic rings. The van der Waals surface area contributed by atoms with E-state index in [0.29, 0.717) is 13.0 Å². The molecule has 0 aliphatic heterocycles. The van der Waals surface area contributed by atoms with E-state index in [-0.39, 0.29) is 17.6 Å². The van der Waals surface area contributed by atoms with Crippen molar-refractivity contribution in [2.75, 3.05) is 34.2 Å². The number of ketones is 1. The Kier molecular flexibility index (Phi) is 7.42. The third kappa shape index (κ3) is 7.63. The number of hydrogen-bond donors (Lipinski definition) is 1. The lowest BCUT2D eigenvalue weighted by Crippen LogP contribution is -2.41. The fourth-order valence-corrected chi connectivity index (χ4v) is 2.28. The largest absolute Gasteiger partial charge is 0.355 e. The lowest BCUT2D eigenvalue weighted by Gasteiger charge is -2.28. The minimum absolute atomic E-state index is 0.0120. The molecule has 0 saturated heterocycles. The summed E-state index contributed by atoms with van der Waals surface area (Å²) in [6, 6.07) is 0. The molecule has 0 spiro atoms. The summed E-state index contributed by atoms with van der Waals surface area (Å²) in [6.07, 6.45) is 2.39. The summed E-state index contributed by atoms with van der Waals surface area (Å²) in [5.74, 6) is 0.221. The number of quaternary nitrogens is 1. The van der Waals surface area contributed by atoms with Crippen LogP contribution in [0.2, 0.25) is 0 Å². The van der Waals surface area contributed by atoms with Crippen molar-refractivity contribution in [2.24, 2.45) is 11.3 Å². The van der Waals surface area contributed by atoms with Crippen LogP contribution in [0.5, 0.6) is 0 Å². The number of rotatable bonds is 9. The van der Waals surface area contributed by atoms with Gasteiger partial charge in [-0.25, -0.2) is 0 Å². The SMILES string of the molecule is CCC(CC(C)(C)C(=O)NCCC[N+](C)(C)C)C(C)=O. The molecule has 0 saturated carbocycles. The zero-order valence-corrected chi connectivity index (χ0v) is 14.4. The predicted octanol–water partition coefficient (Wildman–Crippen LogP) is 2.23. The summed E-state index contributed by atoms with van der Waals surface area (Å²) < 4.78 is 0.904.